The first kappa shape index (κ1) is 156. The molecule has 9 heteroatoms. The second-order valence-corrected chi connectivity index (χ2v) is 0. The molecule has 0 aliphatic carbocycles. The molecule has 0 saturated carbocycles. The van der Waals surface area contributed by atoms with Crippen LogP contribution in [0.4, 0.5) is 0 Å². The van der Waals surface area contributed by atoms with Crippen LogP contribution in [-0.2, 0) is 16.4 Å². The minimum absolute atomic E-state index is 0. The molecule has 9 heavy (non-hydrogen) atoms. The Kier molecular flexibility index (Phi) is 2070. The van der Waals surface area contributed by atoms with E-state index in [0.717, 1.165) is 0 Å². The molecule has 0 aromatic heterocycles. The van der Waals surface area contributed by atoms with Crippen molar-refractivity contribution in [1.29, 1.82) is 0 Å². The summed E-state index contributed by atoms with van der Waals surface area (Å²) in [5.74, 6) is 0. The summed E-state index contributed by atoms with van der Waals surface area (Å²) in [7, 11) is 0. The normalized spacial score (nSPS) is 0. The molecular weight excluding hydrogens is 303 g/mol. The van der Waals surface area contributed by atoms with Gasteiger partial charge in [0.2, 0.25) is 0 Å². The summed E-state index contributed by atoms with van der Waals surface area (Å²) in [6, 6.07) is 0. The minimum atomic E-state index is 0. The standard InChI is InChI=1S/2Al.2Ga.3O.2P/q2*+3;;;3*-2;;. The first-order valence-corrected chi connectivity index (χ1v) is 0. The van der Waals surface area contributed by atoms with Crippen LogP contribution in [0.1, 0.15) is 0 Å². The molecule has 0 aromatic carbocycles. The van der Waals surface area contributed by atoms with Crippen LogP contribution in [0.3, 0.4) is 0 Å². The van der Waals surface area contributed by atoms with Gasteiger partial charge in [0, 0.05) is 59.4 Å². The molecule has 40 valence electrons. The van der Waals surface area contributed by atoms with E-state index in [-0.39, 0.29) is 111 Å². The molecule has 0 bridgehead atoms. The molecule has 0 aliphatic heterocycles. The van der Waals surface area contributed by atoms with E-state index >= 15 is 0 Å². The van der Waals surface area contributed by atoms with E-state index in [1.165, 1.54) is 0 Å². The molecule has 0 aliphatic rings. The molecule has 0 rings (SSSR count). The van der Waals surface area contributed by atoms with E-state index in [0.29, 0.717) is 0 Å². The third kappa shape index (κ3) is 96.4. The van der Waals surface area contributed by atoms with E-state index in [2.05, 4.69) is 0 Å². The third-order valence-corrected chi connectivity index (χ3v) is 0. The van der Waals surface area contributed by atoms with Gasteiger partial charge < -0.3 is 16.4 Å². The Morgan fingerprint density at radius 3 is 0.444 bits per heavy atom. The molecule has 0 fully saturated rings. The fourth-order valence-electron chi connectivity index (χ4n) is 0. The molecular formula is Al2Ga2O3P2. The van der Waals surface area contributed by atoms with Crippen molar-refractivity contribution < 1.29 is 16.4 Å². The maximum Gasteiger partial charge on any atom is 3.00 e. The van der Waals surface area contributed by atoms with Gasteiger partial charge in [-0.2, -0.15) is 0 Å². The maximum atomic E-state index is 0. The van der Waals surface area contributed by atoms with Crippen molar-refractivity contribution in [2.75, 3.05) is 0 Å². The molecule has 0 spiro atoms. The Balaban J connectivity index is 0. The van der Waals surface area contributed by atoms with Gasteiger partial charge in [-0.3, -0.25) is 0 Å². The summed E-state index contributed by atoms with van der Waals surface area (Å²) in [6.07, 6.45) is 0. The Morgan fingerprint density at radius 1 is 0.444 bits per heavy atom. The van der Waals surface area contributed by atoms with Crippen molar-refractivity contribution in [3.8, 4) is 0 Å². The predicted octanol–water partition coefficient (Wildman–Crippen LogP) is -0.157. The Bertz CT molecular complexity index is 17.8. The van der Waals surface area contributed by atoms with Crippen LogP contribution in [0.5, 0.6) is 0 Å². The van der Waals surface area contributed by atoms with Crippen LogP contribution in [0.15, 0.2) is 0 Å². The first-order valence-electron chi connectivity index (χ1n) is 0. The molecule has 12 radical (unpaired) electrons. The molecule has 3 nitrogen and oxygen atoms in total. The predicted molar refractivity (Wildman–Crippen MR) is 38.9 cm³/mol. The van der Waals surface area contributed by atoms with E-state index < -0.39 is 0 Å². The average molecular weight is 303 g/mol. The summed E-state index contributed by atoms with van der Waals surface area (Å²) >= 11 is 0. The van der Waals surface area contributed by atoms with Crippen LogP contribution in [0.25, 0.3) is 0 Å². The van der Waals surface area contributed by atoms with Gasteiger partial charge >= 0.3 is 34.7 Å². The smallest absolute Gasteiger partial charge is 2.00 e. The molecule has 0 saturated heterocycles. The molecule has 0 heterocycles. The first-order chi connectivity index (χ1) is 0. The van der Waals surface area contributed by atoms with Gasteiger partial charge in [0.15, 0.2) is 0 Å². The summed E-state index contributed by atoms with van der Waals surface area (Å²) in [5.41, 5.74) is 0. The SMILES string of the molecule is [Al+3].[Al+3].[Ga].[Ga].[O-2].[O-2].[O-2].[P].[P]. The van der Waals surface area contributed by atoms with E-state index in [4.69, 9.17) is 0 Å². The second-order valence-electron chi connectivity index (χ2n) is 0. The van der Waals surface area contributed by atoms with Gasteiger partial charge in [0.1, 0.15) is 0 Å². The average Bonchev–Trinajstić information content (AvgIpc) is 0. The van der Waals surface area contributed by atoms with E-state index in [1.54, 1.807) is 0 Å². The second kappa shape index (κ2) is 119. The topological polar surface area (TPSA) is 85.5 Å². The van der Waals surface area contributed by atoms with Gasteiger partial charge in [-0.15, -0.1) is 0 Å². The van der Waals surface area contributed by atoms with Crippen molar-refractivity contribution in [2.24, 2.45) is 0 Å². The fraction of sp³-hybridized carbons (Fsp3) is 0. The summed E-state index contributed by atoms with van der Waals surface area (Å²) in [6.45, 7) is 0. The van der Waals surface area contributed by atoms with Crippen LogP contribution in [0.2, 0.25) is 0 Å². The van der Waals surface area contributed by atoms with Gasteiger partial charge in [-0.1, -0.05) is 0 Å². The van der Waals surface area contributed by atoms with E-state index in [1.807, 2.05) is 0 Å². The van der Waals surface area contributed by atoms with Crippen LogP contribution in [0, 0.1) is 0 Å². The Hall–Kier alpha value is 3.08. The molecule has 0 N–H and O–H groups in total. The summed E-state index contributed by atoms with van der Waals surface area (Å²) < 4.78 is 0. The molecule has 0 unspecified atom stereocenters. The molecule has 0 aromatic rings. The minimum Gasteiger partial charge on any atom is -2.00 e. The van der Waals surface area contributed by atoms with Crippen LogP contribution >= 0.6 is 19.8 Å². The number of hydrogen-bond acceptors (Lipinski definition) is 0. The number of hydrogen-bond donors (Lipinski definition) is 0. The zero-order valence-corrected chi connectivity index (χ0v) is 13.4. The van der Waals surface area contributed by atoms with Crippen molar-refractivity contribution >= 4 is 94.1 Å². The van der Waals surface area contributed by atoms with Gasteiger partial charge in [0.05, 0.1) is 0 Å². The maximum absolute atomic E-state index is 0. The Labute approximate surface area is 109 Å². The van der Waals surface area contributed by atoms with Crippen molar-refractivity contribution in [2.45, 2.75) is 0 Å². The molecule has 0 amide bonds. The molecule has 0 atom stereocenters. The van der Waals surface area contributed by atoms with Crippen molar-refractivity contribution in [3.05, 3.63) is 0 Å². The third-order valence-electron chi connectivity index (χ3n) is 0. The monoisotopic (exact) mass is 302 g/mol. The zero-order chi connectivity index (χ0) is 0. The zero-order valence-electron chi connectivity index (χ0n) is 4.43. The summed E-state index contributed by atoms with van der Waals surface area (Å²) in [5, 5.41) is 0. The fourth-order valence-corrected chi connectivity index (χ4v) is 0. The summed E-state index contributed by atoms with van der Waals surface area (Å²) in [4.78, 5) is 0. The van der Waals surface area contributed by atoms with E-state index in [9.17, 15) is 0 Å². The number of rotatable bonds is 0. The van der Waals surface area contributed by atoms with Gasteiger partial charge in [-0.25, -0.2) is 0 Å². The van der Waals surface area contributed by atoms with Gasteiger partial charge in [0.25, 0.3) is 0 Å². The Morgan fingerprint density at radius 2 is 0.444 bits per heavy atom. The largest absolute Gasteiger partial charge is 3.00 e. The van der Waals surface area contributed by atoms with Gasteiger partial charge in [-0.05, 0) is 0 Å². The van der Waals surface area contributed by atoms with Crippen molar-refractivity contribution in [3.63, 3.8) is 0 Å². The quantitative estimate of drug-likeness (QED) is 0.440. The van der Waals surface area contributed by atoms with Crippen molar-refractivity contribution in [1.82, 2.24) is 0 Å². The van der Waals surface area contributed by atoms with Crippen LogP contribution in [-0.4, -0.2) is 74.3 Å². The van der Waals surface area contributed by atoms with Crippen LogP contribution < -0.4 is 0 Å².